The van der Waals surface area contributed by atoms with E-state index in [9.17, 15) is 4.79 Å². The van der Waals surface area contributed by atoms with Gasteiger partial charge in [0.15, 0.2) is 0 Å². The van der Waals surface area contributed by atoms with Crippen molar-refractivity contribution in [2.24, 2.45) is 0 Å². The highest BCUT2D eigenvalue weighted by molar-refractivity contribution is 6.17. The standard InChI is InChI=1S/C13H10ClNO2/c14-6-9-5-12(8-15-7-9)10-1-3-11(4-2-10)13(16)17/h1-5,7-8H,6H2,(H,16,17). The molecule has 0 aliphatic carbocycles. The lowest BCUT2D eigenvalue weighted by Gasteiger charge is -2.03. The Bertz CT molecular complexity index is 537. The molecule has 0 saturated carbocycles. The molecule has 17 heavy (non-hydrogen) atoms. The van der Waals surface area contributed by atoms with Crippen molar-refractivity contribution in [2.75, 3.05) is 0 Å². The van der Waals surface area contributed by atoms with Gasteiger partial charge in [0.1, 0.15) is 0 Å². The number of benzene rings is 1. The summed E-state index contributed by atoms with van der Waals surface area (Å²) in [4.78, 5) is 14.8. The van der Waals surface area contributed by atoms with Crippen LogP contribution in [-0.4, -0.2) is 16.1 Å². The van der Waals surface area contributed by atoms with Gasteiger partial charge in [-0.15, -0.1) is 11.6 Å². The number of rotatable bonds is 3. The Labute approximate surface area is 104 Å². The molecule has 0 unspecified atom stereocenters. The maximum absolute atomic E-state index is 10.7. The van der Waals surface area contributed by atoms with Crippen molar-refractivity contribution in [3.63, 3.8) is 0 Å². The molecule has 2 aromatic rings. The minimum absolute atomic E-state index is 0.273. The number of aromatic carboxylic acids is 1. The number of hydrogen-bond donors (Lipinski definition) is 1. The minimum Gasteiger partial charge on any atom is -0.478 e. The van der Waals surface area contributed by atoms with Crippen molar-refractivity contribution in [1.29, 1.82) is 0 Å². The first-order valence-corrected chi connectivity index (χ1v) is 5.58. The second-order valence-electron chi connectivity index (χ2n) is 3.60. The molecule has 1 N–H and O–H groups in total. The number of hydrogen-bond acceptors (Lipinski definition) is 2. The summed E-state index contributed by atoms with van der Waals surface area (Å²) in [5.41, 5.74) is 3.07. The van der Waals surface area contributed by atoms with Crippen LogP contribution in [0.1, 0.15) is 15.9 Å². The number of pyridine rings is 1. The molecule has 86 valence electrons. The van der Waals surface area contributed by atoms with Crippen LogP contribution in [0.3, 0.4) is 0 Å². The average molecular weight is 248 g/mol. The highest BCUT2D eigenvalue weighted by atomic mass is 35.5. The van der Waals surface area contributed by atoms with E-state index in [2.05, 4.69) is 4.98 Å². The Morgan fingerprint density at radius 1 is 1.18 bits per heavy atom. The molecule has 0 fully saturated rings. The molecule has 0 amide bonds. The molecule has 4 heteroatoms. The monoisotopic (exact) mass is 247 g/mol. The van der Waals surface area contributed by atoms with E-state index in [0.29, 0.717) is 5.88 Å². The number of nitrogens with zero attached hydrogens (tertiary/aromatic N) is 1. The lowest BCUT2D eigenvalue weighted by atomic mass is 10.0. The van der Waals surface area contributed by atoms with Gasteiger partial charge in [-0.1, -0.05) is 12.1 Å². The number of carboxylic acid groups (broad SMARTS) is 1. The molecule has 1 aromatic heterocycles. The first kappa shape index (κ1) is 11.6. The van der Waals surface area contributed by atoms with Gasteiger partial charge in [-0.2, -0.15) is 0 Å². The van der Waals surface area contributed by atoms with Crippen LogP contribution in [0.4, 0.5) is 0 Å². The summed E-state index contributed by atoms with van der Waals surface area (Å²) in [5, 5.41) is 8.80. The second kappa shape index (κ2) is 4.97. The molecular weight excluding hydrogens is 238 g/mol. The Morgan fingerprint density at radius 3 is 2.47 bits per heavy atom. The zero-order chi connectivity index (χ0) is 12.3. The Morgan fingerprint density at radius 2 is 1.88 bits per heavy atom. The molecule has 0 saturated heterocycles. The van der Waals surface area contributed by atoms with Crippen molar-refractivity contribution < 1.29 is 9.90 Å². The minimum atomic E-state index is -0.927. The number of aromatic nitrogens is 1. The number of halogens is 1. The fourth-order valence-corrected chi connectivity index (χ4v) is 1.67. The summed E-state index contributed by atoms with van der Waals surface area (Å²) in [5.74, 6) is -0.516. The average Bonchev–Trinajstić information content (AvgIpc) is 2.39. The summed E-state index contributed by atoms with van der Waals surface area (Å²) in [7, 11) is 0. The van der Waals surface area contributed by atoms with Crippen molar-refractivity contribution >= 4 is 17.6 Å². The van der Waals surface area contributed by atoms with Crippen LogP contribution in [0.5, 0.6) is 0 Å². The van der Waals surface area contributed by atoms with Gasteiger partial charge in [0.05, 0.1) is 5.56 Å². The molecule has 2 rings (SSSR count). The van der Waals surface area contributed by atoms with E-state index in [4.69, 9.17) is 16.7 Å². The van der Waals surface area contributed by atoms with Gasteiger partial charge in [-0.05, 0) is 29.3 Å². The van der Waals surface area contributed by atoms with E-state index < -0.39 is 5.97 Å². The molecule has 3 nitrogen and oxygen atoms in total. The molecular formula is C13H10ClNO2. The Hall–Kier alpha value is -1.87. The maximum Gasteiger partial charge on any atom is 0.335 e. The van der Waals surface area contributed by atoms with Gasteiger partial charge in [0.25, 0.3) is 0 Å². The predicted molar refractivity (Wildman–Crippen MR) is 66.2 cm³/mol. The molecule has 0 aliphatic heterocycles. The molecule has 0 atom stereocenters. The van der Waals surface area contributed by atoms with Crippen LogP contribution in [0, 0.1) is 0 Å². The third-order valence-corrected chi connectivity index (χ3v) is 2.72. The lowest BCUT2D eigenvalue weighted by molar-refractivity contribution is 0.0697. The van der Waals surface area contributed by atoms with E-state index in [1.165, 1.54) is 0 Å². The first-order chi connectivity index (χ1) is 8.20. The van der Waals surface area contributed by atoms with Crippen molar-refractivity contribution in [3.8, 4) is 11.1 Å². The predicted octanol–water partition coefficient (Wildman–Crippen LogP) is 3.19. The molecule has 0 bridgehead atoms. The van der Waals surface area contributed by atoms with E-state index in [0.717, 1.165) is 16.7 Å². The Balaban J connectivity index is 2.36. The second-order valence-corrected chi connectivity index (χ2v) is 3.87. The molecule has 1 aromatic carbocycles. The molecule has 1 heterocycles. The first-order valence-electron chi connectivity index (χ1n) is 5.04. The van der Waals surface area contributed by atoms with Gasteiger partial charge < -0.3 is 5.11 Å². The van der Waals surface area contributed by atoms with Crippen molar-refractivity contribution in [3.05, 3.63) is 53.9 Å². The highest BCUT2D eigenvalue weighted by Crippen LogP contribution is 2.20. The van der Waals surface area contributed by atoms with Crippen molar-refractivity contribution in [2.45, 2.75) is 5.88 Å². The quantitative estimate of drug-likeness (QED) is 0.848. The van der Waals surface area contributed by atoms with E-state index >= 15 is 0 Å². The largest absolute Gasteiger partial charge is 0.478 e. The van der Waals surface area contributed by atoms with Crippen LogP contribution >= 0.6 is 11.6 Å². The van der Waals surface area contributed by atoms with Crippen molar-refractivity contribution in [1.82, 2.24) is 4.98 Å². The fraction of sp³-hybridized carbons (Fsp3) is 0.0769. The van der Waals surface area contributed by atoms with Crippen LogP contribution in [0.15, 0.2) is 42.7 Å². The number of carbonyl (C=O) groups is 1. The summed E-state index contributed by atoms with van der Waals surface area (Å²) >= 11 is 5.74. The summed E-state index contributed by atoms with van der Waals surface area (Å²) in [6.07, 6.45) is 3.44. The van der Waals surface area contributed by atoms with Crippen LogP contribution in [0.2, 0.25) is 0 Å². The zero-order valence-corrected chi connectivity index (χ0v) is 9.69. The SMILES string of the molecule is O=C(O)c1ccc(-c2cncc(CCl)c2)cc1. The summed E-state index contributed by atoms with van der Waals surface area (Å²) < 4.78 is 0. The van der Waals surface area contributed by atoms with Crippen LogP contribution < -0.4 is 0 Å². The lowest BCUT2D eigenvalue weighted by Crippen LogP contribution is -1.95. The maximum atomic E-state index is 10.7. The Kier molecular flexibility index (Phi) is 3.40. The topological polar surface area (TPSA) is 50.2 Å². The molecule has 0 aliphatic rings. The number of carboxylic acids is 1. The third kappa shape index (κ3) is 2.63. The van der Waals surface area contributed by atoms with E-state index in [1.807, 2.05) is 6.07 Å². The van der Waals surface area contributed by atoms with Gasteiger partial charge in [-0.3, -0.25) is 4.98 Å². The van der Waals surface area contributed by atoms with Gasteiger partial charge in [0, 0.05) is 23.8 Å². The zero-order valence-electron chi connectivity index (χ0n) is 8.93. The highest BCUT2D eigenvalue weighted by Gasteiger charge is 2.03. The van der Waals surface area contributed by atoms with Gasteiger partial charge in [-0.25, -0.2) is 4.79 Å². The van der Waals surface area contributed by atoms with Crippen LogP contribution in [0.25, 0.3) is 11.1 Å². The smallest absolute Gasteiger partial charge is 0.335 e. The van der Waals surface area contributed by atoms with E-state index in [-0.39, 0.29) is 5.56 Å². The van der Waals surface area contributed by atoms with Gasteiger partial charge >= 0.3 is 5.97 Å². The number of alkyl halides is 1. The van der Waals surface area contributed by atoms with E-state index in [1.54, 1.807) is 36.7 Å². The third-order valence-electron chi connectivity index (χ3n) is 2.41. The summed E-state index contributed by atoms with van der Waals surface area (Å²) in [6, 6.07) is 8.61. The van der Waals surface area contributed by atoms with Gasteiger partial charge in [0.2, 0.25) is 0 Å². The van der Waals surface area contributed by atoms with Crippen LogP contribution in [-0.2, 0) is 5.88 Å². The fourth-order valence-electron chi connectivity index (χ4n) is 1.52. The molecule has 0 radical (unpaired) electrons. The molecule has 0 spiro atoms. The summed E-state index contributed by atoms with van der Waals surface area (Å²) in [6.45, 7) is 0. The normalized spacial score (nSPS) is 10.2.